The van der Waals surface area contributed by atoms with Gasteiger partial charge in [0.05, 0.1) is 25.1 Å². The molecule has 0 aliphatic carbocycles. The number of benzene rings is 1. The SMILES string of the molecule is COc1cc2c(cc1OC)C(c1cccs1)N(C(=O)c1sccc1C)CC2. The summed E-state index contributed by atoms with van der Waals surface area (Å²) in [6, 6.07) is 10.1. The fraction of sp³-hybridized carbons (Fsp3) is 0.286. The van der Waals surface area contributed by atoms with Crippen molar-refractivity contribution in [1.82, 2.24) is 4.90 Å². The van der Waals surface area contributed by atoms with E-state index in [9.17, 15) is 4.79 Å². The molecule has 1 unspecified atom stereocenters. The molecule has 4 rings (SSSR count). The van der Waals surface area contributed by atoms with Gasteiger partial charge >= 0.3 is 0 Å². The largest absolute Gasteiger partial charge is 0.493 e. The highest BCUT2D eigenvalue weighted by Crippen LogP contribution is 2.43. The first-order valence-corrected chi connectivity index (χ1v) is 10.5. The second-order valence-electron chi connectivity index (χ2n) is 6.51. The van der Waals surface area contributed by atoms with E-state index in [4.69, 9.17) is 9.47 Å². The monoisotopic (exact) mass is 399 g/mol. The van der Waals surface area contributed by atoms with E-state index in [1.165, 1.54) is 16.9 Å². The number of methoxy groups -OCH3 is 2. The van der Waals surface area contributed by atoms with E-state index in [0.29, 0.717) is 12.3 Å². The maximum atomic E-state index is 13.4. The number of amides is 1. The third kappa shape index (κ3) is 3.13. The van der Waals surface area contributed by atoms with Crippen molar-refractivity contribution in [3.8, 4) is 11.5 Å². The van der Waals surface area contributed by atoms with Crippen LogP contribution in [0.3, 0.4) is 0 Å². The zero-order valence-electron chi connectivity index (χ0n) is 15.5. The van der Waals surface area contributed by atoms with Gasteiger partial charge in [-0.3, -0.25) is 4.79 Å². The van der Waals surface area contributed by atoms with Crippen LogP contribution in [0.4, 0.5) is 0 Å². The average Bonchev–Trinajstić information content (AvgIpc) is 3.37. The Kier molecular flexibility index (Phi) is 4.93. The fourth-order valence-corrected chi connectivity index (χ4v) is 5.38. The number of hydrogen-bond acceptors (Lipinski definition) is 5. The first-order chi connectivity index (χ1) is 13.1. The van der Waals surface area contributed by atoms with E-state index in [0.717, 1.165) is 33.1 Å². The smallest absolute Gasteiger partial charge is 0.265 e. The van der Waals surface area contributed by atoms with Crippen molar-refractivity contribution in [3.63, 3.8) is 0 Å². The first kappa shape index (κ1) is 18.1. The summed E-state index contributed by atoms with van der Waals surface area (Å²) in [6.45, 7) is 2.68. The lowest BCUT2D eigenvalue weighted by Crippen LogP contribution is -2.40. The Morgan fingerprint density at radius 2 is 1.89 bits per heavy atom. The Morgan fingerprint density at radius 1 is 1.11 bits per heavy atom. The summed E-state index contributed by atoms with van der Waals surface area (Å²) >= 11 is 3.19. The molecule has 0 radical (unpaired) electrons. The molecule has 1 aliphatic rings. The van der Waals surface area contributed by atoms with E-state index >= 15 is 0 Å². The van der Waals surface area contributed by atoms with Crippen molar-refractivity contribution in [3.05, 3.63) is 67.5 Å². The van der Waals surface area contributed by atoms with Gasteiger partial charge in [-0.15, -0.1) is 22.7 Å². The summed E-state index contributed by atoms with van der Waals surface area (Å²) in [6.07, 6.45) is 0.799. The molecule has 1 aliphatic heterocycles. The highest BCUT2D eigenvalue weighted by Gasteiger charge is 2.35. The molecule has 0 fully saturated rings. The van der Waals surface area contributed by atoms with Crippen LogP contribution in [0.2, 0.25) is 0 Å². The van der Waals surface area contributed by atoms with Crippen LogP contribution < -0.4 is 9.47 Å². The van der Waals surface area contributed by atoms with Gasteiger partial charge < -0.3 is 14.4 Å². The third-order valence-corrected chi connectivity index (χ3v) is 6.93. The van der Waals surface area contributed by atoms with Crippen LogP contribution in [-0.2, 0) is 6.42 Å². The molecule has 1 atom stereocenters. The lowest BCUT2D eigenvalue weighted by atomic mass is 9.90. The molecule has 3 aromatic rings. The topological polar surface area (TPSA) is 38.8 Å². The number of carbonyl (C=O) groups is 1. The van der Waals surface area contributed by atoms with E-state index in [2.05, 4.69) is 11.4 Å². The molecule has 0 spiro atoms. The number of thiophene rings is 2. The van der Waals surface area contributed by atoms with Gasteiger partial charge in [0.15, 0.2) is 11.5 Å². The zero-order chi connectivity index (χ0) is 19.0. The van der Waals surface area contributed by atoms with Gasteiger partial charge in [-0.1, -0.05) is 6.07 Å². The first-order valence-electron chi connectivity index (χ1n) is 8.77. The van der Waals surface area contributed by atoms with Gasteiger partial charge in [0, 0.05) is 11.4 Å². The molecule has 6 heteroatoms. The Morgan fingerprint density at radius 3 is 2.52 bits per heavy atom. The molecule has 2 aromatic heterocycles. The number of fused-ring (bicyclic) bond motifs is 1. The molecule has 4 nitrogen and oxygen atoms in total. The second-order valence-corrected chi connectivity index (χ2v) is 8.40. The fourth-order valence-electron chi connectivity index (χ4n) is 3.64. The van der Waals surface area contributed by atoms with Crippen molar-refractivity contribution in [1.29, 1.82) is 0 Å². The number of aryl methyl sites for hydroxylation is 1. The standard InChI is InChI=1S/C21H21NO3S2/c1-13-7-10-27-20(13)21(23)22-8-6-14-11-16(24-2)17(25-3)12-15(14)19(22)18-5-4-9-26-18/h4-5,7,9-12,19H,6,8H2,1-3H3. The highest BCUT2D eigenvalue weighted by molar-refractivity contribution is 7.12. The van der Waals surface area contributed by atoms with Gasteiger partial charge in [0.25, 0.3) is 5.91 Å². The van der Waals surface area contributed by atoms with Crippen LogP contribution in [0.25, 0.3) is 0 Å². The van der Waals surface area contributed by atoms with E-state index in [-0.39, 0.29) is 11.9 Å². The van der Waals surface area contributed by atoms with Gasteiger partial charge in [-0.05, 0) is 65.1 Å². The molecule has 140 valence electrons. The number of nitrogens with zero attached hydrogens (tertiary/aromatic N) is 1. The van der Waals surface area contributed by atoms with Crippen LogP contribution in [0, 0.1) is 6.92 Å². The number of ether oxygens (including phenoxy) is 2. The number of hydrogen-bond donors (Lipinski definition) is 0. The van der Waals surface area contributed by atoms with Crippen LogP contribution in [0.1, 0.15) is 37.3 Å². The third-order valence-electron chi connectivity index (χ3n) is 5.00. The summed E-state index contributed by atoms with van der Waals surface area (Å²) in [5, 5.41) is 4.04. The Hall–Kier alpha value is -2.31. The van der Waals surface area contributed by atoms with E-state index < -0.39 is 0 Å². The minimum absolute atomic E-state index is 0.0985. The van der Waals surface area contributed by atoms with Gasteiger partial charge in [-0.25, -0.2) is 0 Å². The molecule has 1 aromatic carbocycles. The quantitative estimate of drug-likeness (QED) is 0.625. The van der Waals surface area contributed by atoms with Crippen molar-refractivity contribution in [2.24, 2.45) is 0 Å². The van der Waals surface area contributed by atoms with Crippen LogP contribution in [-0.4, -0.2) is 31.6 Å². The Labute approximate surface area is 167 Å². The molecule has 0 saturated heterocycles. The summed E-state index contributed by atoms with van der Waals surface area (Å²) in [5.74, 6) is 1.52. The Balaban J connectivity index is 1.84. The predicted molar refractivity (Wildman–Crippen MR) is 110 cm³/mol. The molecule has 3 heterocycles. The normalized spacial score (nSPS) is 16.1. The maximum Gasteiger partial charge on any atom is 0.265 e. The van der Waals surface area contributed by atoms with Gasteiger partial charge in [0.2, 0.25) is 0 Å². The summed E-state index contributed by atoms with van der Waals surface area (Å²) in [4.78, 5) is 17.3. The minimum Gasteiger partial charge on any atom is -0.493 e. The molecule has 0 N–H and O–H groups in total. The van der Waals surface area contributed by atoms with Crippen molar-refractivity contribution in [2.75, 3.05) is 20.8 Å². The van der Waals surface area contributed by atoms with Gasteiger partial charge in [-0.2, -0.15) is 0 Å². The predicted octanol–water partition coefficient (Wildman–Crippen LogP) is 4.92. The van der Waals surface area contributed by atoms with E-state index in [1.54, 1.807) is 25.6 Å². The molecule has 1 amide bonds. The second kappa shape index (κ2) is 7.37. The molecular weight excluding hydrogens is 378 g/mol. The molecule has 0 saturated carbocycles. The molecule has 0 bridgehead atoms. The lowest BCUT2D eigenvalue weighted by molar-refractivity contribution is 0.0701. The van der Waals surface area contributed by atoms with Crippen molar-refractivity contribution >= 4 is 28.6 Å². The highest BCUT2D eigenvalue weighted by atomic mass is 32.1. The molecule has 27 heavy (non-hydrogen) atoms. The van der Waals surface area contributed by atoms with E-state index in [1.807, 2.05) is 41.5 Å². The van der Waals surface area contributed by atoms with Crippen molar-refractivity contribution in [2.45, 2.75) is 19.4 Å². The minimum atomic E-state index is -0.109. The van der Waals surface area contributed by atoms with Crippen LogP contribution >= 0.6 is 22.7 Å². The average molecular weight is 400 g/mol. The summed E-state index contributed by atoms with van der Waals surface area (Å²) in [7, 11) is 3.30. The Bertz CT molecular complexity index is 962. The molecular formula is C21H21NO3S2. The zero-order valence-corrected chi connectivity index (χ0v) is 17.2. The maximum absolute atomic E-state index is 13.4. The summed E-state index contributed by atoms with van der Waals surface area (Å²) < 4.78 is 11.0. The summed E-state index contributed by atoms with van der Waals surface area (Å²) in [5.41, 5.74) is 3.36. The van der Waals surface area contributed by atoms with Crippen LogP contribution in [0.15, 0.2) is 41.1 Å². The van der Waals surface area contributed by atoms with Gasteiger partial charge in [0.1, 0.15) is 0 Å². The van der Waals surface area contributed by atoms with Crippen molar-refractivity contribution < 1.29 is 14.3 Å². The number of carbonyl (C=O) groups excluding carboxylic acids is 1. The lowest BCUT2D eigenvalue weighted by Gasteiger charge is -2.37. The number of rotatable bonds is 4. The van der Waals surface area contributed by atoms with Crippen LogP contribution in [0.5, 0.6) is 11.5 Å².